The third-order valence-corrected chi connectivity index (χ3v) is 1.88. The second kappa shape index (κ2) is 4.58. The first-order valence-corrected chi connectivity index (χ1v) is 4.97. The van der Waals surface area contributed by atoms with Gasteiger partial charge in [0.25, 0.3) is 0 Å². The topological polar surface area (TPSA) is 41.5 Å². The maximum absolute atomic E-state index is 11.7. The van der Waals surface area contributed by atoms with Crippen LogP contribution in [0.4, 0.5) is 0 Å². The van der Waals surface area contributed by atoms with Gasteiger partial charge in [0.1, 0.15) is 0 Å². The zero-order valence-corrected chi connectivity index (χ0v) is 10.1. The van der Waals surface area contributed by atoms with E-state index in [1.165, 1.54) is 0 Å². The number of hydrazone groups is 1. The van der Waals surface area contributed by atoms with Crippen LogP contribution in [0.15, 0.2) is 5.10 Å². The van der Waals surface area contributed by atoms with Gasteiger partial charge in [-0.25, -0.2) is 5.43 Å². The summed E-state index contributed by atoms with van der Waals surface area (Å²) in [5, 5.41) is 3.74. The van der Waals surface area contributed by atoms with Crippen molar-refractivity contribution in [2.24, 2.45) is 15.9 Å². The SMILES string of the molecule is C/C=N/NC(=O)C(C)(C)CC(C)(C)C. The van der Waals surface area contributed by atoms with Gasteiger partial charge in [-0.3, -0.25) is 4.79 Å². The number of nitrogens with zero attached hydrogens (tertiary/aromatic N) is 1. The van der Waals surface area contributed by atoms with Crippen LogP contribution in [0.1, 0.15) is 48.0 Å². The molecule has 3 heteroatoms. The molecule has 0 rings (SSSR count). The van der Waals surface area contributed by atoms with Gasteiger partial charge in [-0.1, -0.05) is 34.6 Å². The highest BCUT2D eigenvalue weighted by Gasteiger charge is 2.32. The molecular formula is C11H22N2O. The number of carbonyl (C=O) groups excluding carboxylic acids is 1. The van der Waals surface area contributed by atoms with E-state index in [0.29, 0.717) is 0 Å². The van der Waals surface area contributed by atoms with E-state index in [-0.39, 0.29) is 16.7 Å². The summed E-state index contributed by atoms with van der Waals surface area (Å²) in [4.78, 5) is 11.7. The number of hydrogen-bond acceptors (Lipinski definition) is 2. The zero-order valence-electron chi connectivity index (χ0n) is 10.1. The minimum Gasteiger partial charge on any atom is -0.273 e. The van der Waals surface area contributed by atoms with Gasteiger partial charge in [0.15, 0.2) is 0 Å². The predicted octanol–water partition coefficient (Wildman–Crippen LogP) is 2.57. The van der Waals surface area contributed by atoms with E-state index >= 15 is 0 Å². The van der Waals surface area contributed by atoms with E-state index in [1.807, 2.05) is 13.8 Å². The molecule has 0 heterocycles. The zero-order chi connectivity index (χ0) is 11.4. The molecule has 0 aromatic carbocycles. The Morgan fingerprint density at radius 3 is 2.14 bits per heavy atom. The summed E-state index contributed by atoms with van der Waals surface area (Å²) < 4.78 is 0. The highest BCUT2D eigenvalue weighted by atomic mass is 16.2. The molecule has 0 atom stereocenters. The van der Waals surface area contributed by atoms with Crippen molar-refractivity contribution in [1.82, 2.24) is 5.43 Å². The van der Waals surface area contributed by atoms with E-state index in [0.717, 1.165) is 6.42 Å². The molecule has 0 spiro atoms. The summed E-state index contributed by atoms with van der Waals surface area (Å²) in [6.45, 7) is 12.1. The van der Waals surface area contributed by atoms with Crippen molar-refractivity contribution in [1.29, 1.82) is 0 Å². The normalized spacial score (nSPS) is 13.3. The van der Waals surface area contributed by atoms with Crippen LogP contribution in [0.25, 0.3) is 0 Å². The van der Waals surface area contributed by atoms with E-state index < -0.39 is 0 Å². The molecule has 0 aliphatic rings. The monoisotopic (exact) mass is 198 g/mol. The van der Waals surface area contributed by atoms with Crippen LogP contribution >= 0.6 is 0 Å². The Bertz CT molecular complexity index is 224. The average molecular weight is 198 g/mol. The number of rotatable bonds is 3. The minimum atomic E-state index is -0.370. The van der Waals surface area contributed by atoms with Gasteiger partial charge in [-0.05, 0) is 18.8 Å². The lowest BCUT2D eigenvalue weighted by atomic mass is 9.76. The van der Waals surface area contributed by atoms with Gasteiger partial charge in [0, 0.05) is 11.6 Å². The highest BCUT2D eigenvalue weighted by Crippen LogP contribution is 2.33. The average Bonchev–Trinajstić information content (AvgIpc) is 1.95. The van der Waals surface area contributed by atoms with Crippen molar-refractivity contribution < 1.29 is 4.79 Å². The summed E-state index contributed by atoms with van der Waals surface area (Å²) in [5.74, 6) is -0.0227. The van der Waals surface area contributed by atoms with Crippen molar-refractivity contribution in [3.63, 3.8) is 0 Å². The Labute approximate surface area is 87.0 Å². The molecule has 0 unspecified atom stereocenters. The lowest BCUT2D eigenvalue weighted by Crippen LogP contribution is -2.36. The molecule has 0 radical (unpaired) electrons. The number of amides is 1. The lowest BCUT2D eigenvalue weighted by Gasteiger charge is -2.30. The van der Waals surface area contributed by atoms with E-state index in [2.05, 4.69) is 31.3 Å². The molecular weight excluding hydrogens is 176 g/mol. The van der Waals surface area contributed by atoms with E-state index in [4.69, 9.17) is 0 Å². The van der Waals surface area contributed by atoms with Gasteiger partial charge in [0.05, 0.1) is 0 Å². The van der Waals surface area contributed by atoms with Crippen LogP contribution in [0.2, 0.25) is 0 Å². The molecule has 0 aliphatic carbocycles. The van der Waals surface area contributed by atoms with Gasteiger partial charge in [0.2, 0.25) is 5.91 Å². The molecule has 1 amide bonds. The van der Waals surface area contributed by atoms with Crippen molar-refractivity contribution in [2.45, 2.75) is 48.0 Å². The van der Waals surface area contributed by atoms with E-state index in [9.17, 15) is 4.79 Å². The first kappa shape index (κ1) is 13.1. The second-order valence-corrected chi connectivity index (χ2v) is 5.45. The Morgan fingerprint density at radius 1 is 1.29 bits per heavy atom. The Balaban J connectivity index is 4.38. The van der Waals surface area contributed by atoms with Gasteiger partial charge >= 0.3 is 0 Å². The Kier molecular flexibility index (Phi) is 4.30. The van der Waals surface area contributed by atoms with Crippen molar-refractivity contribution in [3.8, 4) is 0 Å². The number of carbonyl (C=O) groups is 1. The van der Waals surface area contributed by atoms with Crippen LogP contribution in [0.5, 0.6) is 0 Å². The fraction of sp³-hybridized carbons (Fsp3) is 0.818. The van der Waals surface area contributed by atoms with Crippen molar-refractivity contribution in [2.75, 3.05) is 0 Å². The van der Waals surface area contributed by atoms with Gasteiger partial charge in [-0.15, -0.1) is 0 Å². The molecule has 3 nitrogen and oxygen atoms in total. The standard InChI is InChI=1S/C11H22N2O/c1-7-12-13-9(14)11(5,6)8-10(2,3)4/h7H,8H2,1-6H3,(H,13,14)/b12-7+. The third-order valence-electron chi connectivity index (χ3n) is 1.88. The molecule has 82 valence electrons. The highest BCUT2D eigenvalue weighted by molar-refractivity contribution is 5.82. The molecule has 0 fully saturated rings. The Hall–Kier alpha value is -0.860. The van der Waals surface area contributed by atoms with Crippen LogP contribution < -0.4 is 5.43 Å². The Morgan fingerprint density at radius 2 is 1.79 bits per heavy atom. The maximum atomic E-state index is 11.7. The van der Waals surface area contributed by atoms with Gasteiger partial charge in [-0.2, -0.15) is 5.10 Å². The van der Waals surface area contributed by atoms with E-state index in [1.54, 1.807) is 13.1 Å². The smallest absolute Gasteiger partial charge is 0.245 e. The first-order chi connectivity index (χ1) is 6.19. The molecule has 14 heavy (non-hydrogen) atoms. The van der Waals surface area contributed by atoms with Crippen molar-refractivity contribution in [3.05, 3.63) is 0 Å². The minimum absolute atomic E-state index is 0.0227. The largest absolute Gasteiger partial charge is 0.273 e. The molecule has 1 N–H and O–H groups in total. The van der Waals surface area contributed by atoms with Crippen LogP contribution in [-0.2, 0) is 4.79 Å². The van der Waals surface area contributed by atoms with Gasteiger partial charge < -0.3 is 0 Å². The number of hydrogen-bond donors (Lipinski definition) is 1. The summed E-state index contributed by atoms with van der Waals surface area (Å²) in [7, 11) is 0. The molecule has 0 aromatic heterocycles. The first-order valence-electron chi connectivity index (χ1n) is 4.97. The van der Waals surface area contributed by atoms with Crippen molar-refractivity contribution >= 4 is 12.1 Å². The quantitative estimate of drug-likeness (QED) is 0.549. The second-order valence-electron chi connectivity index (χ2n) is 5.45. The maximum Gasteiger partial charge on any atom is 0.245 e. The summed E-state index contributed by atoms with van der Waals surface area (Å²) in [6, 6.07) is 0. The third kappa shape index (κ3) is 5.00. The fourth-order valence-corrected chi connectivity index (χ4v) is 1.68. The molecule has 0 aromatic rings. The van der Waals surface area contributed by atoms with Crippen LogP contribution in [0.3, 0.4) is 0 Å². The lowest BCUT2D eigenvalue weighted by molar-refractivity contribution is -0.130. The molecule has 0 aliphatic heterocycles. The predicted molar refractivity (Wildman–Crippen MR) is 60.2 cm³/mol. The van der Waals surface area contributed by atoms with Crippen LogP contribution in [0, 0.1) is 10.8 Å². The molecule has 0 saturated heterocycles. The summed E-state index contributed by atoms with van der Waals surface area (Å²) in [6.07, 6.45) is 2.41. The molecule has 0 bridgehead atoms. The van der Waals surface area contributed by atoms with Crippen LogP contribution in [-0.4, -0.2) is 12.1 Å². The summed E-state index contributed by atoms with van der Waals surface area (Å²) >= 11 is 0. The number of nitrogens with one attached hydrogen (secondary N) is 1. The summed E-state index contributed by atoms with van der Waals surface area (Å²) in [5.41, 5.74) is 2.30. The molecule has 0 saturated carbocycles. The fourth-order valence-electron chi connectivity index (χ4n) is 1.68.